The molecule has 2 saturated heterocycles. The van der Waals surface area contributed by atoms with Gasteiger partial charge in [-0.3, -0.25) is 4.90 Å². The lowest BCUT2D eigenvalue weighted by atomic mass is 10.2. The molecular weight excluding hydrogens is 553 g/mol. The van der Waals surface area contributed by atoms with E-state index in [0.29, 0.717) is 67.3 Å². The number of sulfonamides is 1. The summed E-state index contributed by atoms with van der Waals surface area (Å²) < 4.78 is 54.3. The van der Waals surface area contributed by atoms with Gasteiger partial charge in [-0.2, -0.15) is 4.31 Å². The summed E-state index contributed by atoms with van der Waals surface area (Å²) in [6, 6.07) is 15.4. The predicted molar refractivity (Wildman–Crippen MR) is 152 cm³/mol. The van der Waals surface area contributed by atoms with E-state index in [-0.39, 0.29) is 17.8 Å². The van der Waals surface area contributed by atoms with Gasteiger partial charge >= 0.3 is 6.09 Å². The summed E-state index contributed by atoms with van der Waals surface area (Å²) in [6.45, 7) is 5.47. The van der Waals surface area contributed by atoms with Gasteiger partial charge < -0.3 is 14.4 Å². The van der Waals surface area contributed by atoms with Crippen molar-refractivity contribution in [3.05, 3.63) is 71.4 Å². The van der Waals surface area contributed by atoms with E-state index < -0.39 is 21.9 Å². The normalized spacial score (nSPS) is 22.6. The summed E-state index contributed by atoms with van der Waals surface area (Å²) in [5.74, 6) is -0.0270. The Morgan fingerprint density at radius 3 is 2.45 bits per heavy atom. The van der Waals surface area contributed by atoms with Crippen LogP contribution in [0.5, 0.6) is 5.06 Å². The van der Waals surface area contributed by atoms with E-state index >= 15 is 4.39 Å². The number of carbonyl (C=O) groups excluding carboxylic acids is 1. The molecule has 1 aromatic heterocycles. The van der Waals surface area contributed by atoms with Crippen molar-refractivity contribution in [3.63, 3.8) is 0 Å². The number of amides is 1. The van der Waals surface area contributed by atoms with E-state index in [0.717, 1.165) is 12.0 Å². The number of aryl methyl sites for hydroxylation is 1. The Morgan fingerprint density at radius 2 is 1.82 bits per heavy atom. The molecule has 2 unspecified atom stereocenters. The van der Waals surface area contributed by atoms with Crippen LogP contribution in [0, 0.1) is 23.6 Å². The number of nitrogens with zero attached hydrogens (tertiary/aromatic N) is 3. The van der Waals surface area contributed by atoms with Crippen LogP contribution in [0.2, 0.25) is 0 Å². The van der Waals surface area contributed by atoms with Gasteiger partial charge in [-0.25, -0.2) is 17.6 Å². The maximum atomic E-state index is 15.3. The average Bonchev–Trinajstić information content (AvgIpc) is 3.32. The number of halogens is 1. The van der Waals surface area contributed by atoms with Crippen LogP contribution in [0.1, 0.15) is 12.5 Å². The molecule has 6 rings (SSSR count). The maximum Gasteiger partial charge on any atom is 0.420 e. The van der Waals surface area contributed by atoms with Crippen LogP contribution in [0.15, 0.2) is 64.9 Å². The third-order valence-electron chi connectivity index (χ3n) is 8.20. The van der Waals surface area contributed by atoms with Crippen molar-refractivity contribution in [2.45, 2.75) is 18.2 Å². The molecule has 2 atom stereocenters. The average molecular weight is 586 g/mol. The van der Waals surface area contributed by atoms with E-state index in [1.807, 2.05) is 29.3 Å². The highest BCUT2D eigenvalue weighted by atomic mass is 32.2. The van der Waals surface area contributed by atoms with Crippen molar-refractivity contribution < 1.29 is 27.1 Å². The van der Waals surface area contributed by atoms with Gasteiger partial charge in [0.1, 0.15) is 5.82 Å². The molecule has 11 heteroatoms. The summed E-state index contributed by atoms with van der Waals surface area (Å²) in [5.41, 5.74) is 1.99. The Balaban J connectivity index is 1.17. The minimum atomic E-state index is -3.58. The third-order valence-corrected chi connectivity index (χ3v) is 10.8. The number of thiophene rings is 1. The van der Waals surface area contributed by atoms with Crippen LogP contribution in [0.4, 0.5) is 20.6 Å². The fourth-order valence-electron chi connectivity index (χ4n) is 5.81. The molecule has 1 saturated carbocycles. The first kappa shape index (κ1) is 27.2. The van der Waals surface area contributed by atoms with Crippen molar-refractivity contribution in [3.8, 4) is 5.06 Å². The molecule has 3 aromatic rings. The fraction of sp³-hybridized carbons (Fsp3) is 0.414. The summed E-state index contributed by atoms with van der Waals surface area (Å²) in [7, 11) is -3.58. The van der Waals surface area contributed by atoms with Crippen molar-refractivity contribution in [2.24, 2.45) is 17.8 Å². The number of rotatable bonds is 8. The zero-order chi connectivity index (χ0) is 27.9. The van der Waals surface area contributed by atoms with Crippen molar-refractivity contribution in [2.75, 3.05) is 55.7 Å². The SMILES string of the molecule is CCc1ccc(S(=O)(=O)N2CC3C(CN(C(=O)Oc4cccs4)c4ccc(N5CCOCC5)c(F)c4)C3C2)cc1. The van der Waals surface area contributed by atoms with Crippen LogP contribution in [0.3, 0.4) is 0 Å². The van der Waals surface area contributed by atoms with Crippen molar-refractivity contribution in [1.29, 1.82) is 0 Å². The zero-order valence-electron chi connectivity index (χ0n) is 22.2. The Hall–Kier alpha value is -2.99. The van der Waals surface area contributed by atoms with Crippen LogP contribution < -0.4 is 14.5 Å². The fourth-order valence-corrected chi connectivity index (χ4v) is 7.89. The van der Waals surface area contributed by atoms with Crippen LogP contribution in [-0.2, 0) is 21.2 Å². The number of ether oxygens (including phenoxy) is 2. The number of hydrogen-bond donors (Lipinski definition) is 0. The first-order chi connectivity index (χ1) is 19.3. The smallest absolute Gasteiger partial charge is 0.399 e. The maximum absolute atomic E-state index is 15.3. The van der Waals surface area contributed by atoms with Gasteiger partial charge in [-0.1, -0.05) is 19.1 Å². The molecule has 0 radical (unpaired) electrons. The molecule has 40 heavy (non-hydrogen) atoms. The highest BCUT2D eigenvalue weighted by molar-refractivity contribution is 7.89. The van der Waals surface area contributed by atoms with Gasteiger partial charge in [0.2, 0.25) is 10.0 Å². The van der Waals surface area contributed by atoms with E-state index in [9.17, 15) is 13.2 Å². The Bertz CT molecular complexity index is 1450. The predicted octanol–water partition coefficient (Wildman–Crippen LogP) is 4.86. The van der Waals surface area contributed by atoms with Gasteiger partial charge in [0, 0.05) is 32.7 Å². The number of fused-ring (bicyclic) bond motifs is 1. The van der Waals surface area contributed by atoms with Gasteiger partial charge in [-0.05, 0) is 77.6 Å². The summed E-state index contributed by atoms with van der Waals surface area (Å²) in [5, 5.41) is 2.28. The summed E-state index contributed by atoms with van der Waals surface area (Å²) in [6.07, 6.45) is 0.271. The standard InChI is InChI=1S/C29H32FN3O5S2/c1-2-20-5-8-22(9-6-20)40(35,36)32-17-23-24(18-32)25(23)19-33(29(34)38-28-4-3-15-39-28)21-7-10-27(26(30)16-21)31-11-13-37-14-12-31/h3-10,15-16,23-25H,2,11-14,17-19H2,1H3. The molecule has 1 aliphatic carbocycles. The quantitative estimate of drug-likeness (QED) is 0.376. The molecule has 1 amide bonds. The minimum Gasteiger partial charge on any atom is -0.399 e. The van der Waals surface area contributed by atoms with Crippen LogP contribution >= 0.6 is 11.3 Å². The zero-order valence-corrected chi connectivity index (χ0v) is 23.9. The van der Waals surface area contributed by atoms with Crippen molar-refractivity contribution >= 4 is 38.8 Å². The lowest BCUT2D eigenvalue weighted by Gasteiger charge is -2.30. The highest BCUT2D eigenvalue weighted by Gasteiger charge is 2.58. The molecule has 8 nitrogen and oxygen atoms in total. The molecule has 2 aromatic carbocycles. The lowest BCUT2D eigenvalue weighted by molar-refractivity contribution is 0.122. The van der Waals surface area contributed by atoms with Crippen molar-refractivity contribution in [1.82, 2.24) is 4.31 Å². The second-order valence-corrected chi connectivity index (χ2v) is 13.3. The molecule has 0 spiro atoms. The molecule has 0 bridgehead atoms. The number of anilines is 2. The van der Waals surface area contributed by atoms with Gasteiger partial charge in [0.05, 0.1) is 29.5 Å². The van der Waals surface area contributed by atoms with E-state index in [1.54, 1.807) is 40.7 Å². The Labute approximate surface area is 238 Å². The first-order valence-corrected chi connectivity index (χ1v) is 15.9. The highest BCUT2D eigenvalue weighted by Crippen LogP contribution is 2.53. The van der Waals surface area contributed by atoms with Gasteiger partial charge in [-0.15, -0.1) is 11.3 Å². The minimum absolute atomic E-state index is 0.104. The van der Waals surface area contributed by atoms with Gasteiger partial charge in [0.25, 0.3) is 0 Å². The monoisotopic (exact) mass is 585 g/mol. The third kappa shape index (κ3) is 5.35. The number of carbonyl (C=O) groups is 1. The number of hydrogen-bond acceptors (Lipinski definition) is 7. The molecule has 3 aliphatic rings. The largest absolute Gasteiger partial charge is 0.420 e. The topological polar surface area (TPSA) is 79.4 Å². The molecule has 212 valence electrons. The molecule has 3 heterocycles. The van der Waals surface area contributed by atoms with E-state index in [4.69, 9.17) is 9.47 Å². The lowest BCUT2D eigenvalue weighted by Crippen LogP contribution is -2.38. The Morgan fingerprint density at radius 1 is 1.10 bits per heavy atom. The summed E-state index contributed by atoms with van der Waals surface area (Å²) in [4.78, 5) is 17.0. The van der Waals surface area contributed by atoms with Gasteiger partial charge in [0.15, 0.2) is 5.06 Å². The number of benzene rings is 2. The molecule has 3 fully saturated rings. The molecule has 2 aliphatic heterocycles. The van der Waals surface area contributed by atoms with E-state index in [2.05, 4.69) is 0 Å². The number of piperidine rings is 1. The number of morpholine rings is 1. The second-order valence-electron chi connectivity index (χ2n) is 10.5. The molecular formula is C29H32FN3O5S2. The Kier molecular flexibility index (Phi) is 7.56. The summed E-state index contributed by atoms with van der Waals surface area (Å²) >= 11 is 1.31. The van der Waals surface area contributed by atoms with Crippen LogP contribution in [-0.4, -0.2) is 64.8 Å². The van der Waals surface area contributed by atoms with E-state index in [1.165, 1.54) is 22.3 Å². The first-order valence-electron chi connectivity index (χ1n) is 13.6. The second kappa shape index (κ2) is 11.1. The molecule has 0 N–H and O–H groups in total. The van der Waals surface area contributed by atoms with Crippen LogP contribution in [0.25, 0.3) is 0 Å².